The fourth-order valence-electron chi connectivity index (χ4n) is 1.48. The maximum Gasteiger partial charge on any atom is 0.160 e. The Hall–Kier alpha value is -1.63. The van der Waals surface area contributed by atoms with Crippen molar-refractivity contribution >= 4 is 21.2 Å². The highest BCUT2D eigenvalue weighted by Gasteiger charge is 2.37. The van der Waals surface area contributed by atoms with Gasteiger partial charge in [0.2, 0.25) is 0 Å². The summed E-state index contributed by atoms with van der Waals surface area (Å²) in [5.41, 5.74) is 6.78. The molecule has 0 atom stereocenters. The topological polar surface area (TPSA) is 90.3 Å². The van der Waals surface area contributed by atoms with Crippen molar-refractivity contribution in [2.24, 2.45) is 0 Å². The highest BCUT2D eigenvalue weighted by atomic mass is 32.2. The second-order valence-electron chi connectivity index (χ2n) is 4.50. The maximum atomic E-state index is 11.8. The third kappa shape index (κ3) is 1.76. The van der Waals surface area contributed by atoms with Crippen LogP contribution < -0.4 is 5.73 Å². The number of aromatic nitrogens is 3. The largest absolute Gasteiger partial charge is 0.398 e. The molecule has 0 aliphatic rings. The Morgan fingerprint density at radius 2 is 1.94 bits per heavy atom. The van der Waals surface area contributed by atoms with Crippen LogP contribution >= 0.6 is 0 Å². The zero-order chi connectivity index (χ0) is 12.8. The normalized spacial score (nSPS) is 13.1. The molecule has 0 fully saturated rings. The average molecular weight is 254 g/mol. The van der Waals surface area contributed by atoms with Gasteiger partial charge in [-0.05, 0) is 26.0 Å². The second-order valence-corrected chi connectivity index (χ2v) is 7.06. The molecule has 0 radical (unpaired) electrons. The van der Waals surface area contributed by atoms with Crippen LogP contribution in [0.4, 0.5) is 5.69 Å². The van der Waals surface area contributed by atoms with E-state index in [0.717, 1.165) is 0 Å². The smallest absolute Gasteiger partial charge is 0.160 e. The lowest BCUT2D eigenvalue weighted by Gasteiger charge is -2.20. The lowest BCUT2D eigenvalue weighted by Crippen LogP contribution is -2.30. The molecule has 0 spiro atoms. The number of sulfone groups is 1. The van der Waals surface area contributed by atoms with Gasteiger partial charge in [-0.3, -0.25) is 4.40 Å². The minimum absolute atomic E-state index is 0.363. The number of fused-ring (bicyclic) bond motifs is 1. The molecular formula is C10H14N4O2S. The molecule has 0 bridgehead atoms. The van der Waals surface area contributed by atoms with Gasteiger partial charge in [-0.1, -0.05) is 0 Å². The number of hydrogen-bond donors (Lipinski definition) is 1. The molecule has 2 heterocycles. The Morgan fingerprint density at radius 3 is 2.53 bits per heavy atom. The minimum atomic E-state index is -3.29. The van der Waals surface area contributed by atoms with Crippen LogP contribution in [0.5, 0.6) is 0 Å². The number of anilines is 1. The molecule has 7 heteroatoms. The van der Waals surface area contributed by atoms with Crippen molar-refractivity contribution in [3.05, 3.63) is 24.2 Å². The van der Waals surface area contributed by atoms with Gasteiger partial charge in [0.1, 0.15) is 4.75 Å². The maximum absolute atomic E-state index is 11.8. The van der Waals surface area contributed by atoms with Crippen molar-refractivity contribution in [2.75, 3.05) is 12.0 Å². The van der Waals surface area contributed by atoms with Crippen LogP contribution in [-0.2, 0) is 14.6 Å². The number of hydrogen-bond acceptors (Lipinski definition) is 5. The molecule has 0 saturated carbocycles. The Labute approximate surface area is 99.4 Å². The van der Waals surface area contributed by atoms with E-state index in [1.54, 1.807) is 36.6 Å². The summed E-state index contributed by atoms with van der Waals surface area (Å²) < 4.78 is 24.0. The molecule has 0 saturated heterocycles. The zero-order valence-corrected chi connectivity index (χ0v) is 10.7. The summed E-state index contributed by atoms with van der Waals surface area (Å²) in [6, 6.07) is 3.39. The lowest BCUT2D eigenvalue weighted by molar-refractivity contribution is 0.547. The predicted molar refractivity (Wildman–Crippen MR) is 65.3 cm³/mol. The molecular weight excluding hydrogens is 240 g/mol. The Kier molecular flexibility index (Phi) is 2.39. The molecule has 2 N–H and O–H groups in total. The second kappa shape index (κ2) is 3.43. The molecule has 0 unspecified atom stereocenters. The van der Waals surface area contributed by atoms with Crippen LogP contribution in [-0.4, -0.2) is 29.3 Å². The van der Waals surface area contributed by atoms with E-state index in [2.05, 4.69) is 10.2 Å². The van der Waals surface area contributed by atoms with Crippen molar-refractivity contribution in [1.29, 1.82) is 0 Å². The first-order valence-electron chi connectivity index (χ1n) is 5.04. The molecule has 0 aromatic carbocycles. The van der Waals surface area contributed by atoms with Gasteiger partial charge in [0, 0.05) is 18.1 Å². The molecule has 2 aromatic heterocycles. The van der Waals surface area contributed by atoms with Crippen LogP contribution in [0.15, 0.2) is 18.3 Å². The van der Waals surface area contributed by atoms with Crippen molar-refractivity contribution < 1.29 is 8.42 Å². The standard InChI is InChI=1S/C10H14N4O2S/c1-10(2,17(3,15)16)9-13-12-8-5-4-7(11)6-14(8)9/h4-6H,11H2,1-3H3. The minimum Gasteiger partial charge on any atom is -0.398 e. The first-order chi connectivity index (χ1) is 7.73. The number of rotatable bonds is 2. The number of pyridine rings is 1. The van der Waals surface area contributed by atoms with E-state index in [9.17, 15) is 8.42 Å². The number of nitrogen functional groups attached to an aromatic ring is 1. The average Bonchev–Trinajstić information content (AvgIpc) is 2.58. The lowest BCUT2D eigenvalue weighted by atomic mass is 10.2. The summed E-state index contributed by atoms with van der Waals surface area (Å²) in [7, 11) is -3.29. The van der Waals surface area contributed by atoms with Crippen LogP contribution in [0.3, 0.4) is 0 Å². The van der Waals surface area contributed by atoms with E-state index in [4.69, 9.17) is 5.73 Å². The first kappa shape index (κ1) is 11.8. The predicted octanol–water partition coefficient (Wildman–Crippen LogP) is 0.591. The SMILES string of the molecule is CC(C)(c1nnc2ccc(N)cn12)S(C)(=O)=O. The highest BCUT2D eigenvalue weighted by molar-refractivity contribution is 7.91. The van der Waals surface area contributed by atoms with Crippen LogP contribution in [0, 0.1) is 0 Å². The summed E-state index contributed by atoms with van der Waals surface area (Å²) >= 11 is 0. The van der Waals surface area contributed by atoms with E-state index in [0.29, 0.717) is 17.2 Å². The van der Waals surface area contributed by atoms with Gasteiger partial charge < -0.3 is 5.73 Å². The third-order valence-corrected chi connectivity index (χ3v) is 4.93. The molecule has 0 aliphatic carbocycles. The van der Waals surface area contributed by atoms with E-state index in [-0.39, 0.29) is 0 Å². The molecule has 6 nitrogen and oxygen atoms in total. The van der Waals surface area contributed by atoms with Gasteiger partial charge in [0.05, 0.1) is 0 Å². The van der Waals surface area contributed by atoms with Gasteiger partial charge >= 0.3 is 0 Å². The quantitative estimate of drug-likeness (QED) is 0.847. The highest BCUT2D eigenvalue weighted by Crippen LogP contribution is 2.27. The van der Waals surface area contributed by atoms with Crippen molar-refractivity contribution in [1.82, 2.24) is 14.6 Å². The molecule has 0 amide bonds. The molecule has 2 aromatic rings. The van der Waals surface area contributed by atoms with Crippen molar-refractivity contribution in [3.63, 3.8) is 0 Å². The Morgan fingerprint density at radius 1 is 1.29 bits per heavy atom. The summed E-state index contributed by atoms with van der Waals surface area (Å²) in [4.78, 5) is 0. The monoisotopic (exact) mass is 254 g/mol. The van der Waals surface area contributed by atoms with E-state index >= 15 is 0 Å². The zero-order valence-electron chi connectivity index (χ0n) is 9.88. The van der Waals surface area contributed by atoms with Gasteiger partial charge in [0.25, 0.3) is 0 Å². The van der Waals surface area contributed by atoms with Crippen molar-refractivity contribution in [2.45, 2.75) is 18.6 Å². The fraction of sp³-hybridized carbons (Fsp3) is 0.400. The number of nitrogens with two attached hydrogens (primary N) is 1. The van der Waals surface area contributed by atoms with Gasteiger partial charge in [-0.25, -0.2) is 8.42 Å². The number of nitrogens with zero attached hydrogens (tertiary/aromatic N) is 3. The third-order valence-electron chi connectivity index (χ3n) is 2.89. The Bertz CT molecular complexity index is 673. The fourth-order valence-corrected chi connectivity index (χ4v) is 1.95. The van der Waals surface area contributed by atoms with Gasteiger partial charge in [-0.15, -0.1) is 10.2 Å². The molecule has 17 heavy (non-hydrogen) atoms. The van der Waals surface area contributed by atoms with E-state index in [1.807, 2.05) is 0 Å². The van der Waals surface area contributed by atoms with Gasteiger partial charge in [0.15, 0.2) is 21.3 Å². The Balaban J connectivity index is 2.76. The van der Waals surface area contributed by atoms with Crippen LogP contribution in [0.1, 0.15) is 19.7 Å². The van der Waals surface area contributed by atoms with Crippen LogP contribution in [0.2, 0.25) is 0 Å². The summed E-state index contributed by atoms with van der Waals surface area (Å²) in [6.07, 6.45) is 2.80. The summed E-state index contributed by atoms with van der Waals surface area (Å²) in [6.45, 7) is 3.20. The van der Waals surface area contributed by atoms with Crippen LogP contribution in [0.25, 0.3) is 5.65 Å². The summed E-state index contributed by atoms with van der Waals surface area (Å²) in [5, 5.41) is 7.89. The van der Waals surface area contributed by atoms with E-state index < -0.39 is 14.6 Å². The van der Waals surface area contributed by atoms with Gasteiger partial charge in [-0.2, -0.15) is 0 Å². The van der Waals surface area contributed by atoms with Crippen molar-refractivity contribution in [3.8, 4) is 0 Å². The molecule has 2 rings (SSSR count). The molecule has 0 aliphatic heterocycles. The molecule has 92 valence electrons. The first-order valence-corrected chi connectivity index (χ1v) is 6.93. The summed E-state index contributed by atoms with van der Waals surface area (Å²) in [5.74, 6) is 0.363. The van der Waals surface area contributed by atoms with E-state index in [1.165, 1.54) is 6.26 Å².